The first kappa shape index (κ1) is 23.4. The number of unbranched alkanes of at least 4 members (excludes halogenated alkanes) is 6. The molecule has 0 aliphatic heterocycles. The Morgan fingerprint density at radius 2 is 0.941 bits per heavy atom. The van der Waals surface area contributed by atoms with E-state index in [4.69, 9.17) is 0 Å². The predicted octanol–water partition coefficient (Wildman–Crippen LogP) is 9.14. The minimum atomic E-state index is -0.0120. The fourth-order valence-electron chi connectivity index (χ4n) is 5.02. The lowest BCUT2D eigenvalue weighted by Gasteiger charge is -2.17. The molecule has 4 aromatic rings. The zero-order chi connectivity index (χ0) is 23.7. The second-order valence-corrected chi connectivity index (χ2v) is 11.9. The van der Waals surface area contributed by atoms with E-state index < -0.39 is 0 Å². The molecule has 0 bridgehead atoms. The zero-order valence-electron chi connectivity index (χ0n) is 20.2. The molecular formula is C30H32O2S2. The Morgan fingerprint density at radius 3 is 1.35 bits per heavy atom. The van der Waals surface area contributed by atoms with Crippen LogP contribution < -0.4 is 0 Å². The number of rotatable bonds is 10. The van der Waals surface area contributed by atoms with Crippen LogP contribution in [-0.4, -0.2) is 11.6 Å². The third-order valence-corrected chi connectivity index (χ3v) is 9.26. The van der Waals surface area contributed by atoms with Gasteiger partial charge in [-0.05, 0) is 72.9 Å². The monoisotopic (exact) mass is 488 g/mol. The van der Waals surface area contributed by atoms with Gasteiger partial charge < -0.3 is 0 Å². The SMILES string of the molecule is CCCCCCc1cc2cc3c(cc2s1)C(=O)c1cc2cc(CCCCCC)sc2cc1C3=O. The molecule has 1 aliphatic carbocycles. The van der Waals surface area contributed by atoms with Crippen molar-refractivity contribution in [2.75, 3.05) is 0 Å². The van der Waals surface area contributed by atoms with Gasteiger partial charge in [0, 0.05) is 41.4 Å². The van der Waals surface area contributed by atoms with Crippen LogP contribution in [-0.2, 0) is 12.8 Å². The number of aryl methyl sites for hydroxylation is 2. The second-order valence-electron chi connectivity index (χ2n) is 9.58. The summed E-state index contributed by atoms with van der Waals surface area (Å²) in [6.07, 6.45) is 12.1. The van der Waals surface area contributed by atoms with Gasteiger partial charge in [-0.1, -0.05) is 52.4 Å². The van der Waals surface area contributed by atoms with Crippen molar-refractivity contribution in [2.24, 2.45) is 0 Å². The molecule has 1 aliphatic rings. The normalized spacial score (nSPS) is 13.1. The van der Waals surface area contributed by atoms with Crippen LogP contribution in [0.4, 0.5) is 0 Å². The summed E-state index contributed by atoms with van der Waals surface area (Å²) in [5.41, 5.74) is 2.27. The minimum Gasteiger partial charge on any atom is -0.289 e. The first-order valence-corrected chi connectivity index (χ1v) is 14.4. The van der Waals surface area contributed by atoms with Crippen LogP contribution in [0.3, 0.4) is 0 Å². The number of benzene rings is 2. The Balaban J connectivity index is 1.44. The van der Waals surface area contributed by atoms with Gasteiger partial charge in [0.1, 0.15) is 0 Å². The average Bonchev–Trinajstić information content (AvgIpc) is 3.43. The van der Waals surface area contributed by atoms with Crippen LogP contribution in [0.1, 0.15) is 107 Å². The Kier molecular flexibility index (Phi) is 6.99. The number of fused-ring (bicyclic) bond motifs is 4. The van der Waals surface area contributed by atoms with E-state index in [1.54, 1.807) is 22.7 Å². The molecule has 2 aromatic heterocycles. The van der Waals surface area contributed by atoms with Crippen LogP contribution >= 0.6 is 22.7 Å². The third-order valence-electron chi connectivity index (χ3n) is 6.95. The fourth-order valence-corrected chi connectivity index (χ4v) is 7.28. The van der Waals surface area contributed by atoms with E-state index in [0.717, 1.165) is 33.0 Å². The van der Waals surface area contributed by atoms with Crippen molar-refractivity contribution in [1.29, 1.82) is 0 Å². The molecule has 2 aromatic carbocycles. The smallest absolute Gasteiger partial charge is 0.194 e. The van der Waals surface area contributed by atoms with E-state index in [2.05, 4.69) is 26.0 Å². The standard InChI is InChI=1S/C30H32O2S2/c1-3-5-7-9-11-21-13-19-15-23-25(17-27(19)33-21)30(32)24-16-20-14-22(12-10-8-6-4-2)34-28(20)18-26(24)29(23)31/h13-18H,3-12H2,1-2H3. The van der Waals surface area contributed by atoms with Crippen molar-refractivity contribution in [2.45, 2.75) is 78.1 Å². The highest BCUT2D eigenvalue weighted by molar-refractivity contribution is 7.19. The van der Waals surface area contributed by atoms with Gasteiger partial charge >= 0.3 is 0 Å². The van der Waals surface area contributed by atoms with E-state index in [9.17, 15) is 9.59 Å². The molecule has 0 N–H and O–H groups in total. The van der Waals surface area contributed by atoms with Gasteiger partial charge in [0.2, 0.25) is 0 Å². The summed E-state index contributed by atoms with van der Waals surface area (Å²) in [6, 6.07) is 12.3. The lowest BCUT2D eigenvalue weighted by atomic mass is 9.83. The molecule has 2 nitrogen and oxygen atoms in total. The molecular weight excluding hydrogens is 456 g/mol. The molecule has 0 unspecified atom stereocenters. The topological polar surface area (TPSA) is 34.1 Å². The third kappa shape index (κ3) is 4.50. The number of thiophene rings is 2. The highest BCUT2D eigenvalue weighted by Gasteiger charge is 2.31. The Bertz CT molecular complexity index is 1180. The highest BCUT2D eigenvalue weighted by atomic mass is 32.1. The second kappa shape index (κ2) is 10.1. The number of carbonyl (C=O) groups is 2. The Labute approximate surface area is 210 Å². The van der Waals surface area contributed by atoms with Crippen LogP contribution in [0.5, 0.6) is 0 Å². The van der Waals surface area contributed by atoms with Gasteiger partial charge in [-0.3, -0.25) is 9.59 Å². The van der Waals surface area contributed by atoms with Gasteiger partial charge in [0.15, 0.2) is 11.6 Å². The van der Waals surface area contributed by atoms with Crippen LogP contribution in [0, 0.1) is 0 Å². The summed E-state index contributed by atoms with van der Waals surface area (Å²) in [5, 5.41) is 2.18. The van der Waals surface area contributed by atoms with Crippen LogP contribution in [0.2, 0.25) is 0 Å². The molecule has 0 atom stereocenters. The number of hydrogen-bond donors (Lipinski definition) is 0. The first-order valence-electron chi connectivity index (χ1n) is 12.8. The van der Waals surface area contributed by atoms with Gasteiger partial charge in [-0.2, -0.15) is 0 Å². The lowest BCUT2D eigenvalue weighted by molar-refractivity contribution is 0.0979. The average molecular weight is 489 g/mol. The highest BCUT2D eigenvalue weighted by Crippen LogP contribution is 2.37. The Hall–Kier alpha value is -2.30. The number of hydrogen-bond acceptors (Lipinski definition) is 4. The van der Waals surface area contributed by atoms with Gasteiger partial charge in [0.05, 0.1) is 0 Å². The molecule has 0 saturated heterocycles. The van der Waals surface area contributed by atoms with E-state index in [1.807, 2.05) is 24.3 Å². The van der Waals surface area contributed by atoms with E-state index in [0.29, 0.717) is 22.3 Å². The molecule has 0 amide bonds. The van der Waals surface area contributed by atoms with Gasteiger partial charge in [-0.25, -0.2) is 0 Å². The first-order chi connectivity index (χ1) is 16.6. The molecule has 0 radical (unpaired) electrons. The van der Waals surface area contributed by atoms with Crippen molar-refractivity contribution in [3.63, 3.8) is 0 Å². The Morgan fingerprint density at radius 1 is 0.529 bits per heavy atom. The summed E-state index contributed by atoms with van der Waals surface area (Å²) < 4.78 is 2.22. The molecule has 0 saturated carbocycles. The largest absolute Gasteiger partial charge is 0.289 e. The molecule has 34 heavy (non-hydrogen) atoms. The predicted molar refractivity (Wildman–Crippen MR) is 146 cm³/mol. The molecule has 0 spiro atoms. The molecule has 2 heterocycles. The molecule has 4 heteroatoms. The minimum absolute atomic E-state index is 0.0120. The van der Waals surface area contributed by atoms with Crippen LogP contribution in [0.25, 0.3) is 20.2 Å². The van der Waals surface area contributed by atoms with Gasteiger partial charge in [0.25, 0.3) is 0 Å². The molecule has 5 rings (SSSR count). The van der Waals surface area contributed by atoms with E-state index in [-0.39, 0.29) is 11.6 Å². The van der Waals surface area contributed by atoms with Crippen LogP contribution in [0.15, 0.2) is 36.4 Å². The molecule has 176 valence electrons. The van der Waals surface area contributed by atoms with Crippen molar-refractivity contribution in [1.82, 2.24) is 0 Å². The quantitative estimate of drug-likeness (QED) is 0.184. The zero-order valence-corrected chi connectivity index (χ0v) is 21.8. The van der Waals surface area contributed by atoms with Gasteiger partial charge in [-0.15, -0.1) is 22.7 Å². The van der Waals surface area contributed by atoms with E-state index >= 15 is 0 Å². The lowest BCUT2D eigenvalue weighted by Crippen LogP contribution is -2.20. The summed E-state index contributed by atoms with van der Waals surface area (Å²) in [4.78, 5) is 29.7. The van der Waals surface area contributed by atoms with E-state index in [1.165, 1.54) is 61.1 Å². The maximum Gasteiger partial charge on any atom is 0.194 e. The van der Waals surface area contributed by atoms with Crippen molar-refractivity contribution in [3.8, 4) is 0 Å². The van der Waals surface area contributed by atoms with Crippen molar-refractivity contribution >= 4 is 54.4 Å². The summed E-state index contributed by atoms with van der Waals surface area (Å²) in [5.74, 6) is -0.0241. The summed E-state index contributed by atoms with van der Waals surface area (Å²) >= 11 is 3.54. The fraction of sp³-hybridized carbons (Fsp3) is 0.400. The summed E-state index contributed by atoms with van der Waals surface area (Å²) in [6.45, 7) is 4.46. The maximum atomic E-state index is 13.5. The summed E-state index contributed by atoms with van der Waals surface area (Å²) in [7, 11) is 0. The van der Waals surface area contributed by atoms with Crippen molar-refractivity contribution in [3.05, 3.63) is 68.4 Å². The van der Waals surface area contributed by atoms with Crippen molar-refractivity contribution < 1.29 is 9.59 Å². The molecule has 0 fully saturated rings. The number of carbonyl (C=O) groups excluding carboxylic acids is 2. The maximum absolute atomic E-state index is 13.5. The number of ketones is 2.